The number of thiophene rings is 1. The van der Waals surface area contributed by atoms with E-state index in [1.807, 2.05) is 35.7 Å². The van der Waals surface area contributed by atoms with E-state index in [4.69, 9.17) is 21.1 Å². The fourth-order valence-electron chi connectivity index (χ4n) is 3.27. The highest BCUT2D eigenvalue weighted by atomic mass is 35.5. The van der Waals surface area contributed by atoms with Gasteiger partial charge in [0.2, 0.25) is 6.79 Å². The number of hydrogen-bond acceptors (Lipinski definition) is 6. The van der Waals surface area contributed by atoms with Gasteiger partial charge >= 0.3 is 0 Å². The molecular formula is C22H14ClNO4S2. The van der Waals surface area contributed by atoms with Crippen molar-refractivity contribution in [3.8, 4) is 11.5 Å². The number of rotatable bonds is 5. The summed E-state index contributed by atoms with van der Waals surface area (Å²) in [5.41, 5.74) is 1.24. The molecule has 1 aromatic heterocycles. The van der Waals surface area contributed by atoms with Crippen LogP contribution >= 0.6 is 34.7 Å². The lowest BCUT2D eigenvalue weighted by Crippen LogP contribution is -2.30. The molecule has 0 fully saturated rings. The Morgan fingerprint density at radius 3 is 2.57 bits per heavy atom. The standard InChI is InChI=1S/C22H14ClNO4S2/c23-14-4-6-15(7-5-14)30-20-19(18-2-1-9-29-18)21(25)24(22(20)26)11-13-3-8-16-17(10-13)28-12-27-16/h1-10H,11-12H2. The molecule has 30 heavy (non-hydrogen) atoms. The number of benzene rings is 2. The molecule has 2 aliphatic heterocycles. The topological polar surface area (TPSA) is 55.8 Å². The predicted octanol–water partition coefficient (Wildman–Crippen LogP) is 5.20. The highest BCUT2D eigenvalue weighted by Crippen LogP contribution is 2.42. The zero-order valence-corrected chi connectivity index (χ0v) is 17.9. The van der Waals surface area contributed by atoms with Crippen LogP contribution in [0.1, 0.15) is 10.4 Å². The van der Waals surface area contributed by atoms with Crippen molar-refractivity contribution in [3.63, 3.8) is 0 Å². The quantitative estimate of drug-likeness (QED) is 0.495. The summed E-state index contributed by atoms with van der Waals surface area (Å²) in [7, 11) is 0. The van der Waals surface area contributed by atoms with E-state index >= 15 is 0 Å². The van der Waals surface area contributed by atoms with Gasteiger partial charge in [-0.15, -0.1) is 11.3 Å². The highest BCUT2D eigenvalue weighted by molar-refractivity contribution is 8.04. The van der Waals surface area contributed by atoms with Crippen molar-refractivity contribution in [3.05, 3.63) is 80.3 Å². The van der Waals surface area contributed by atoms with Gasteiger partial charge in [0.15, 0.2) is 11.5 Å². The van der Waals surface area contributed by atoms with Crippen molar-refractivity contribution in [1.29, 1.82) is 0 Å². The number of imide groups is 1. The second-order valence-corrected chi connectivity index (χ2v) is 9.09. The molecule has 0 aliphatic carbocycles. The first-order valence-corrected chi connectivity index (χ1v) is 11.1. The molecule has 0 saturated carbocycles. The van der Waals surface area contributed by atoms with Crippen LogP contribution in [0.5, 0.6) is 11.5 Å². The highest BCUT2D eigenvalue weighted by Gasteiger charge is 2.40. The zero-order valence-electron chi connectivity index (χ0n) is 15.5. The van der Waals surface area contributed by atoms with E-state index in [2.05, 4.69) is 0 Å². The summed E-state index contributed by atoms with van der Waals surface area (Å²) >= 11 is 8.70. The van der Waals surface area contributed by atoms with Gasteiger partial charge < -0.3 is 9.47 Å². The zero-order chi connectivity index (χ0) is 20.7. The molecule has 0 atom stereocenters. The molecular weight excluding hydrogens is 442 g/mol. The normalized spacial score (nSPS) is 15.4. The lowest BCUT2D eigenvalue weighted by Gasteiger charge is -2.15. The van der Waals surface area contributed by atoms with Crippen molar-refractivity contribution in [2.24, 2.45) is 0 Å². The number of hydrogen-bond donors (Lipinski definition) is 0. The smallest absolute Gasteiger partial charge is 0.268 e. The van der Waals surface area contributed by atoms with Gasteiger partial charge in [-0.3, -0.25) is 14.5 Å². The van der Waals surface area contributed by atoms with E-state index in [1.54, 1.807) is 24.3 Å². The van der Waals surface area contributed by atoms with Gasteiger partial charge in [-0.05, 0) is 53.4 Å². The number of ether oxygens (including phenoxy) is 2. The van der Waals surface area contributed by atoms with E-state index in [0.717, 1.165) is 15.3 Å². The van der Waals surface area contributed by atoms with Crippen LogP contribution in [0.25, 0.3) is 5.57 Å². The Bertz CT molecular complexity index is 1170. The molecule has 8 heteroatoms. The molecule has 2 aromatic carbocycles. The monoisotopic (exact) mass is 455 g/mol. The number of carbonyl (C=O) groups excluding carboxylic acids is 2. The molecule has 5 rings (SSSR count). The Morgan fingerprint density at radius 2 is 1.80 bits per heavy atom. The van der Waals surface area contributed by atoms with Crippen molar-refractivity contribution < 1.29 is 19.1 Å². The predicted molar refractivity (Wildman–Crippen MR) is 117 cm³/mol. The minimum absolute atomic E-state index is 0.161. The molecule has 0 N–H and O–H groups in total. The molecule has 0 bridgehead atoms. The van der Waals surface area contributed by atoms with Crippen molar-refractivity contribution >= 4 is 52.1 Å². The Labute approximate surface area is 185 Å². The summed E-state index contributed by atoms with van der Waals surface area (Å²) in [5.74, 6) is 0.681. The maximum Gasteiger partial charge on any atom is 0.268 e. The van der Waals surface area contributed by atoms with Crippen molar-refractivity contribution in [2.45, 2.75) is 11.4 Å². The second kappa shape index (κ2) is 7.83. The van der Waals surface area contributed by atoms with Gasteiger partial charge in [-0.2, -0.15) is 0 Å². The second-order valence-electron chi connectivity index (χ2n) is 6.62. The van der Waals surface area contributed by atoms with Crippen LogP contribution in [-0.2, 0) is 16.1 Å². The minimum Gasteiger partial charge on any atom is -0.454 e. The number of thioether (sulfide) groups is 1. The first kappa shape index (κ1) is 19.2. The molecule has 5 nitrogen and oxygen atoms in total. The summed E-state index contributed by atoms with van der Waals surface area (Å²) in [6, 6.07) is 16.4. The van der Waals surface area contributed by atoms with E-state index in [1.165, 1.54) is 28.0 Å². The van der Waals surface area contributed by atoms with Crippen LogP contribution in [0.3, 0.4) is 0 Å². The Morgan fingerprint density at radius 1 is 1.00 bits per heavy atom. The van der Waals surface area contributed by atoms with E-state index < -0.39 is 0 Å². The molecule has 2 amide bonds. The molecule has 3 aromatic rings. The third kappa shape index (κ3) is 3.49. The van der Waals surface area contributed by atoms with Crippen molar-refractivity contribution in [1.82, 2.24) is 4.90 Å². The first-order valence-electron chi connectivity index (χ1n) is 9.06. The molecule has 3 heterocycles. The molecule has 0 unspecified atom stereocenters. The summed E-state index contributed by atoms with van der Waals surface area (Å²) in [6.07, 6.45) is 0. The van der Waals surface area contributed by atoms with Crippen LogP contribution in [0.2, 0.25) is 5.02 Å². The maximum absolute atomic E-state index is 13.3. The number of nitrogens with zero attached hydrogens (tertiary/aromatic N) is 1. The van der Waals surface area contributed by atoms with Crippen LogP contribution in [-0.4, -0.2) is 23.5 Å². The molecule has 0 spiro atoms. The van der Waals surface area contributed by atoms with Crippen LogP contribution in [0.15, 0.2) is 69.8 Å². The van der Waals surface area contributed by atoms with Crippen LogP contribution in [0.4, 0.5) is 0 Å². The van der Waals surface area contributed by atoms with Crippen molar-refractivity contribution in [2.75, 3.05) is 6.79 Å². The van der Waals surface area contributed by atoms with Crippen LogP contribution in [0, 0.1) is 0 Å². The van der Waals surface area contributed by atoms with Gasteiger partial charge in [0, 0.05) is 14.8 Å². The molecule has 150 valence electrons. The third-order valence-electron chi connectivity index (χ3n) is 4.70. The number of carbonyl (C=O) groups is 2. The largest absolute Gasteiger partial charge is 0.454 e. The van der Waals surface area contributed by atoms with E-state index in [9.17, 15) is 9.59 Å². The molecule has 2 aliphatic rings. The maximum atomic E-state index is 13.3. The first-order chi connectivity index (χ1) is 14.6. The fourth-order valence-corrected chi connectivity index (χ4v) is 5.24. The SMILES string of the molecule is O=C1C(Sc2ccc(Cl)cc2)=C(c2cccs2)C(=O)N1Cc1ccc2c(c1)OCO2. The average Bonchev–Trinajstić information content (AvgIpc) is 3.47. The van der Waals surface area contributed by atoms with Gasteiger partial charge in [-0.1, -0.05) is 35.5 Å². The number of fused-ring (bicyclic) bond motifs is 1. The van der Waals surface area contributed by atoms with Gasteiger partial charge in [0.1, 0.15) is 0 Å². The fraction of sp³-hybridized carbons (Fsp3) is 0.0909. The lowest BCUT2D eigenvalue weighted by molar-refractivity contribution is -0.137. The third-order valence-corrected chi connectivity index (χ3v) is 6.93. The Balaban J connectivity index is 1.48. The Hall–Kier alpha value is -2.74. The lowest BCUT2D eigenvalue weighted by atomic mass is 10.2. The number of amides is 2. The van der Waals surface area contributed by atoms with E-state index in [-0.39, 0.29) is 25.2 Å². The van der Waals surface area contributed by atoms with Gasteiger partial charge in [0.05, 0.1) is 17.0 Å². The summed E-state index contributed by atoms with van der Waals surface area (Å²) in [5, 5.41) is 2.51. The average molecular weight is 456 g/mol. The van der Waals surface area contributed by atoms with Gasteiger partial charge in [0.25, 0.3) is 11.8 Å². The summed E-state index contributed by atoms with van der Waals surface area (Å²) in [4.78, 5) is 29.9. The molecule has 0 saturated heterocycles. The summed E-state index contributed by atoms with van der Waals surface area (Å²) < 4.78 is 10.7. The summed E-state index contributed by atoms with van der Waals surface area (Å²) in [6.45, 7) is 0.334. The van der Waals surface area contributed by atoms with Gasteiger partial charge in [-0.25, -0.2) is 0 Å². The molecule has 0 radical (unpaired) electrons. The van der Waals surface area contributed by atoms with E-state index in [0.29, 0.717) is 27.0 Å². The van der Waals surface area contributed by atoms with Crippen LogP contribution < -0.4 is 9.47 Å². The number of halogens is 1. The minimum atomic E-state index is -0.305. The Kier molecular flexibility index (Phi) is 5.02.